The SMILES string of the molecule is O=C(COc1ccc(/C=C2/SC(=O)N(c3cccc(Cl)c3)C2=O)cc1Br)Nc1ccccc1. The molecular formula is C24H16BrClN2O4S. The highest BCUT2D eigenvalue weighted by Crippen LogP contribution is 2.37. The van der Waals surface area contributed by atoms with Crippen LogP contribution in [0, 0.1) is 0 Å². The highest BCUT2D eigenvalue weighted by atomic mass is 79.9. The van der Waals surface area contributed by atoms with Crippen LogP contribution >= 0.6 is 39.3 Å². The van der Waals surface area contributed by atoms with Gasteiger partial charge < -0.3 is 10.1 Å². The van der Waals surface area contributed by atoms with E-state index in [4.69, 9.17) is 16.3 Å². The van der Waals surface area contributed by atoms with Gasteiger partial charge in [0.2, 0.25) is 0 Å². The fourth-order valence-electron chi connectivity index (χ4n) is 3.04. The van der Waals surface area contributed by atoms with Gasteiger partial charge in [-0.25, -0.2) is 4.90 Å². The minimum Gasteiger partial charge on any atom is -0.483 e. The second-order valence-corrected chi connectivity index (χ2v) is 9.17. The van der Waals surface area contributed by atoms with Crippen molar-refractivity contribution in [2.45, 2.75) is 0 Å². The first-order valence-electron chi connectivity index (χ1n) is 9.71. The fraction of sp³-hybridized carbons (Fsp3) is 0.0417. The average Bonchev–Trinajstić information content (AvgIpc) is 3.06. The number of anilines is 2. The van der Waals surface area contributed by atoms with E-state index in [1.54, 1.807) is 60.7 Å². The normalized spacial score (nSPS) is 14.6. The zero-order chi connectivity index (χ0) is 23.4. The van der Waals surface area contributed by atoms with Crippen molar-refractivity contribution < 1.29 is 19.1 Å². The molecule has 0 bridgehead atoms. The maximum Gasteiger partial charge on any atom is 0.298 e. The molecule has 1 fully saturated rings. The van der Waals surface area contributed by atoms with Gasteiger partial charge in [-0.1, -0.05) is 41.9 Å². The van der Waals surface area contributed by atoms with Crippen LogP contribution in [0.1, 0.15) is 5.56 Å². The summed E-state index contributed by atoms with van der Waals surface area (Å²) in [6, 6.07) is 20.8. The third-order valence-electron chi connectivity index (χ3n) is 4.53. The number of ether oxygens (including phenoxy) is 1. The van der Waals surface area contributed by atoms with Crippen molar-refractivity contribution in [3.8, 4) is 5.75 Å². The van der Waals surface area contributed by atoms with Crippen LogP contribution < -0.4 is 15.0 Å². The van der Waals surface area contributed by atoms with E-state index in [0.29, 0.717) is 37.1 Å². The number of nitrogens with one attached hydrogen (secondary N) is 1. The summed E-state index contributed by atoms with van der Waals surface area (Å²) in [5.41, 5.74) is 1.80. The molecule has 1 aliphatic rings. The highest BCUT2D eigenvalue weighted by molar-refractivity contribution is 9.10. The Morgan fingerprint density at radius 2 is 1.85 bits per heavy atom. The van der Waals surface area contributed by atoms with Gasteiger partial charge >= 0.3 is 0 Å². The summed E-state index contributed by atoms with van der Waals surface area (Å²) in [4.78, 5) is 38.7. The quantitative estimate of drug-likeness (QED) is 0.366. The Morgan fingerprint density at radius 3 is 2.58 bits per heavy atom. The molecule has 0 spiro atoms. The van der Waals surface area contributed by atoms with Crippen LogP contribution in [0.3, 0.4) is 0 Å². The minimum atomic E-state index is -0.415. The number of nitrogens with zero attached hydrogens (tertiary/aromatic N) is 1. The molecule has 1 N–H and O–H groups in total. The van der Waals surface area contributed by atoms with Gasteiger partial charge in [0, 0.05) is 10.7 Å². The van der Waals surface area contributed by atoms with Crippen LogP contribution in [-0.4, -0.2) is 23.7 Å². The largest absolute Gasteiger partial charge is 0.483 e. The molecule has 3 amide bonds. The number of thioether (sulfide) groups is 1. The lowest BCUT2D eigenvalue weighted by molar-refractivity contribution is -0.118. The van der Waals surface area contributed by atoms with Gasteiger partial charge in [0.1, 0.15) is 5.75 Å². The number of carbonyl (C=O) groups is 3. The van der Waals surface area contributed by atoms with Gasteiger partial charge in [0.25, 0.3) is 17.1 Å². The number of amides is 3. The van der Waals surface area contributed by atoms with Gasteiger partial charge in [0.15, 0.2) is 6.61 Å². The molecule has 0 atom stereocenters. The van der Waals surface area contributed by atoms with Crippen LogP contribution in [0.4, 0.5) is 16.2 Å². The summed E-state index contributed by atoms with van der Waals surface area (Å²) >= 11 is 10.3. The summed E-state index contributed by atoms with van der Waals surface area (Å²) in [7, 11) is 0. The Hall–Kier alpha value is -3.07. The Morgan fingerprint density at radius 1 is 1.06 bits per heavy atom. The van der Waals surface area contributed by atoms with Gasteiger partial charge in [-0.15, -0.1) is 0 Å². The first-order chi connectivity index (χ1) is 15.9. The van der Waals surface area contributed by atoms with E-state index in [2.05, 4.69) is 21.2 Å². The molecular weight excluding hydrogens is 528 g/mol. The van der Waals surface area contributed by atoms with Crippen LogP contribution in [0.25, 0.3) is 6.08 Å². The molecule has 3 aromatic rings. The van der Waals surface area contributed by atoms with Crippen molar-refractivity contribution in [2.24, 2.45) is 0 Å². The molecule has 0 radical (unpaired) electrons. The lowest BCUT2D eigenvalue weighted by atomic mass is 10.2. The van der Waals surface area contributed by atoms with E-state index in [1.165, 1.54) is 0 Å². The zero-order valence-electron chi connectivity index (χ0n) is 17.0. The lowest BCUT2D eigenvalue weighted by Gasteiger charge is -2.12. The van der Waals surface area contributed by atoms with E-state index in [0.717, 1.165) is 16.7 Å². The smallest absolute Gasteiger partial charge is 0.298 e. The first kappa shape index (κ1) is 23.1. The molecule has 1 aliphatic heterocycles. The molecule has 0 unspecified atom stereocenters. The molecule has 0 aromatic heterocycles. The summed E-state index contributed by atoms with van der Waals surface area (Å²) in [5.74, 6) is -0.226. The van der Waals surface area contributed by atoms with Gasteiger partial charge in [-0.2, -0.15) is 0 Å². The predicted molar refractivity (Wildman–Crippen MR) is 135 cm³/mol. The Labute approximate surface area is 207 Å². The van der Waals surface area contributed by atoms with E-state index < -0.39 is 11.1 Å². The molecule has 0 saturated carbocycles. The standard InChI is InChI=1S/C24H16BrClN2O4S/c25-19-11-15(9-10-20(19)32-14-22(29)27-17-6-2-1-3-7-17)12-21-23(30)28(24(31)33-21)18-8-4-5-16(26)13-18/h1-13H,14H2,(H,27,29)/b21-12+. The van der Waals surface area contributed by atoms with Crippen molar-refractivity contribution in [3.05, 3.63) is 92.8 Å². The molecule has 9 heteroatoms. The third-order valence-corrected chi connectivity index (χ3v) is 6.25. The predicted octanol–water partition coefficient (Wildman–Crippen LogP) is 6.36. The fourth-order valence-corrected chi connectivity index (χ4v) is 4.58. The number of halogens is 2. The van der Waals surface area contributed by atoms with E-state index in [-0.39, 0.29) is 12.5 Å². The number of hydrogen-bond donors (Lipinski definition) is 1. The second-order valence-electron chi connectivity index (χ2n) is 6.89. The first-order valence-corrected chi connectivity index (χ1v) is 11.7. The molecule has 1 saturated heterocycles. The van der Waals surface area contributed by atoms with E-state index in [1.807, 2.05) is 18.2 Å². The van der Waals surface area contributed by atoms with Gasteiger partial charge in [-0.05, 0) is 81.8 Å². The monoisotopic (exact) mass is 542 g/mol. The van der Waals surface area contributed by atoms with Gasteiger partial charge in [0.05, 0.1) is 15.1 Å². The molecule has 33 heavy (non-hydrogen) atoms. The van der Waals surface area contributed by atoms with Crippen LogP contribution in [0.15, 0.2) is 82.2 Å². The Bertz CT molecular complexity index is 1270. The maximum absolute atomic E-state index is 12.8. The topological polar surface area (TPSA) is 75.7 Å². The van der Waals surface area contributed by atoms with Crippen LogP contribution in [0.2, 0.25) is 5.02 Å². The number of carbonyl (C=O) groups excluding carboxylic acids is 3. The summed E-state index contributed by atoms with van der Waals surface area (Å²) < 4.78 is 6.20. The summed E-state index contributed by atoms with van der Waals surface area (Å²) in [6.45, 7) is -0.161. The van der Waals surface area contributed by atoms with Crippen molar-refractivity contribution in [1.82, 2.24) is 0 Å². The van der Waals surface area contributed by atoms with E-state index >= 15 is 0 Å². The van der Waals surface area contributed by atoms with Crippen molar-refractivity contribution >= 4 is 73.8 Å². The molecule has 6 nitrogen and oxygen atoms in total. The third kappa shape index (κ3) is 5.65. The van der Waals surface area contributed by atoms with Crippen molar-refractivity contribution in [1.29, 1.82) is 0 Å². The summed E-state index contributed by atoms with van der Waals surface area (Å²) in [6.07, 6.45) is 1.63. The average molecular weight is 544 g/mol. The Balaban J connectivity index is 1.43. The lowest BCUT2D eigenvalue weighted by Crippen LogP contribution is -2.27. The number of benzene rings is 3. The molecule has 4 rings (SSSR count). The van der Waals surface area contributed by atoms with Crippen LogP contribution in [-0.2, 0) is 9.59 Å². The zero-order valence-corrected chi connectivity index (χ0v) is 20.1. The molecule has 1 heterocycles. The molecule has 3 aromatic carbocycles. The number of imide groups is 1. The van der Waals surface area contributed by atoms with Crippen molar-refractivity contribution in [3.63, 3.8) is 0 Å². The highest BCUT2D eigenvalue weighted by Gasteiger charge is 2.36. The number of para-hydroxylation sites is 1. The van der Waals surface area contributed by atoms with Gasteiger partial charge in [-0.3, -0.25) is 14.4 Å². The van der Waals surface area contributed by atoms with Crippen molar-refractivity contribution in [2.75, 3.05) is 16.8 Å². The summed E-state index contributed by atoms with van der Waals surface area (Å²) in [5, 5.41) is 2.79. The number of hydrogen-bond acceptors (Lipinski definition) is 5. The number of rotatable bonds is 6. The minimum absolute atomic E-state index is 0.161. The van der Waals surface area contributed by atoms with Crippen LogP contribution in [0.5, 0.6) is 5.75 Å². The maximum atomic E-state index is 12.8. The molecule has 166 valence electrons. The Kier molecular flexibility index (Phi) is 7.17. The molecule has 0 aliphatic carbocycles. The van der Waals surface area contributed by atoms with E-state index in [9.17, 15) is 14.4 Å². The second kappa shape index (κ2) is 10.2.